The van der Waals surface area contributed by atoms with Crippen molar-refractivity contribution in [2.75, 3.05) is 0 Å². The van der Waals surface area contributed by atoms with Gasteiger partial charge in [0, 0.05) is 23.8 Å². The lowest BCUT2D eigenvalue weighted by Gasteiger charge is -2.01. The summed E-state index contributed by atoms with van der Waals surface area (Å²) in [5.74, 6) is -0.0942. The fraction of sp³-hybridized carbons (Fsp3) is 0.0526. The van der Waals surface area contributed by atoms with E-state index in [1.165, 1.54) is 30.5 Å². The van der Waals surface area contributed by atoms with Crippen LogP contribution in [0.2, 0.25) is 0 Å². The molecule has 0 spiro atoms. The molecule has 0 aliphatic rings. The van der Waals surface area contributed by atoms with Crippen LogP contribution < -0.4 is 5.43 Å². The fourth-order valence-corrected chi connectivity index (χ4v) is 2.55. The van der Waals surface area contributed by atoms with E-state index in [9.17, 15) is 25.0 Å². The van der Waals surface area contributed by atoms with E-state index in [-0.39, 0.29) is 28.5 Å². The first-order valence-corrected chi connectivity index (χ1v) is 8.28. The highest BCUT2D eigenvalue weighted by Crippen LogP contribution is 2.31. The fourth-order valence-electron chi connectivity index (χ4n) is 2.55. The largest absolute Gasteiger partial charge is 0.455 e. The molecule has 10 nitrogen and oxygen atoms in total. The molecular formula is C19H14N4O6. The van der Waals surface area contributed by atoms with Gasteiger partial charge in [-0.25, -0.2) is 5.43 Å². The maximum atomic E-state index is 12.0. The molecule has 1 aromatic heterocycles. The molecule has 1 N–H and O–H groups in total. The average molecular weight is 394 g/mol. The van der Waals surface area contributed by atoms with Crippen LogP contribution >= 0.6 is 0 Å². The molecule has 2 aromatic carbocycles. The average Bonchev–Trinajstić information content (AvgIpc) is 3.16. The second kappa shape index (κ2) is 8.13. The summed E-state index contributed by atoms with van der Waals surface area (Å²) < 4.78 is 5.54. The van der Waals surface area contributed by atoms with Gasteiger partial charge in [-0.2, -0.15) is 5.10 Å². The van der Waals surface area contributed by atoms with Crippen LogP contribution in [0.4, 0.5) is 11.4 Å². The summed E-state index contributed by atoms with van der Waals surface area (Å²) in [6.45, 7) is 1.75. The standard InChI is InChI=1S/C19H14N4O6/c1-12-5-7-16(17(9-12)23(27)28)18-8-6-15(29-18)11-20-21-19(24)13-3-2-4-14(10-13)22(25)26/h2-11H,1H3,(H,21,24)/b20-11-. The third-order valence-electron chi connectivity index (χ3n) is 3.92. The van der Waals surface area contributed by atoms with Crippen LogP contribution in [0.5, 0.6) is 0 Å². The van der Waals surface area contributed by atoms with Crippen molar-refractivity contribution < 1.29 is 19.1 Å². The normalized spacial score (nSPS) is 10.8. The van der Waals surface area contributed by atoms with Gasteiger partial charge < -0.3 is 4.42 Å². The van der Waals surface area contributed by atoms with Gasteiger partial charge in [0.25, 0.3) is 17.3 Å². The molecule has 1 heterocycles. The summed E-state index contributed by atoms with van der Waals surface area (Å²) in [5, 5.41) is 25.8. The number of nitrogens with zero attached hydrogens (tertiary/aromatic N) is 3. The molecule has 3 rings (SSSR count). The third-order valence-corrected chi connectivity index (χ3v) is 3.92. The quantitative estimate of drug-likeness (QED) is 0.382. The van der Waals surface area contributed by atoms with Crippen LogP contribution in [0.25, 0.3) is 11.3 Å². The van der Waals surface area contributed by atoms with E-state index in [1.54, 1.807) is 31.2 Å². The molecule has 0 saturated carbocycles. The molecule has 10 heteroatoms. The highest BCUT2D eigenvalue weighted by Gasteiger charge is 2.18. The first kappa shape index (κ1) is 19.4. The molecule has 0 aliphatic carbocycles. The van der Waals surface area contributed by atoms with Crippen molar-refractivity contribution in [3.05, 3.63) is 91.7 Å². The van der Waals surface area contributed by atoms with Crippen LogP contribution in [0.1, 0.15) is 21.7 Å². The molecule has 1 amide bonds. The maximum absolute atomic E-state index is 12.0. The molecule has 0 bridgehead atoms. The first-order valence-electron chi connectivity index (χ1n) is 8.28. The van der Waals surface area contributed by atoms with Crippen molar-refractivity contribution in [2.45, 2.75) is 6.92 Å². The van der Waals surface area contributed by atoms with Gasteiger partial charge in [-0.05, 0) is 36.8 Å². The van der Waals surface area contributed by atoms with Gasteiger partial charge >= 0.3 is 0 Å². The SMILES string of the molecule is Cc1ccc(-c2ccc(/C=N\NC(=O)c3cccc([N+](=O)[O-])c3)o2)c([N+](=O)[O-])c1. The van der Waals surface area contributed by atoms with E-state index in [0.29, 0.717) is 5.56 Å². The van der Waals surface area contributed by atoms with Crippen LogP contribution in [0.3, 0.4) is 0 Å². The van der Waals surface area contributed by atoms with Crippen LogP contribution in [-0.4, -0.2) is 22.0 Å². The predicted octanol–water partition coefficient (Wildman–Crippen LogP) is 3.84. The number of nitro groups is 2. The Hall–Kier alpha value is -4.34. The van der Waals surface area contributed by atoms with E-state index in [4.69, 9.17) is 4.42 Å². The summed E-state index contributed by atoms with van der Waals surface area (Å²) in [4.78, 5) is 33.0. The second-order valence-corrected chi connectivity index (χ2v) is 5.99. The molecule has 0 saturated heterocycles. The number of carbonyl (C=O) groups is 1. The molecule has 0 radical (unpaired) electrons. The number of nitro benzene ring substituents is 2. The number of hydrogen-bond donors (Lipinski definition) is 1. The summed E-state index contributed by atoms with van der Waals surface area (Å²) in [6.07, 6.45) is 1.22. The van der Waals surface area contributed by atoms with Gasteiger partial charge in [-0.15, -0.1) is 0 Å². The Morgan fingerprint density at radius 1 is 1.07 bits per heavy atom. The van der Waals surface area contributed by atoms with Gasteiger partial charge in [0.15, 0.2) is 0 Å². The predicted molar refractivity (Wildman–Crippen MR) is 104 cm³/mol. The van der Waals surface area contributed by atoms with Crippen LogP contribution in [-0.2, 0) is 0 Å². The van der Waals surface area contributed by atoms with Crippen molar-refractivity contribution in [3.63, 3.8) is 0 Å². The number of hydrogen-bond acceptors (Lipinski definition) is 7. The highest BCUT2D eigenvalue weighted by atomic mass is 16.6. The number of hydrazone groups is 1. The zero-order chi connectivity index (χ0) is 21.0. The number of benzene rings is 2. The Morgan fingerprint density at radius 3 is 2.59 bits per heavy atom. The van der Waals surface area contributed by atoms with Crippen molar-refractivity contribution in [1.82, 2.24) is 5.43 Å². The second-order valence-electron chi connectivity index (χ2n) is 5.99. The Bertz CT molecular complexity index is 1140. The molecule has 0 atom stereocenters. The zero-order valence-corrected chi connectivity index (χ0v) is 15.1. The molecule has 29 heavy (non-hydrogen) atoms. The van der Waals surface area contributed by atoms with Gasteiger partial charge in [0.2, 0.25) is 0 Å². The van der Waals surface area contributed by atoms with E-state index in [2.05, 4.69) is 10.5 Å². The number of aryl methyl sites for hydroxylation is 1. The Balaban J connectivity index is 1.73. The minimum atomic E-state index is -0.633. The third kappa shape index (κ3) is 4.50. The number of furan rings is 1. The van der Waals surface area contributed by atoms with E-state index < -0.39 is 15.8 Å². The number of carbonyl (C=O) groups excluding carboxylic acids is 1. The smallest absolute Gasteiger partial charge is 0.280 e. The highest BCUT2D eigenvalue weighted by molar-refractivity contribution is 5.95. The maximum Gasteiger partial charge on any atom is 0.280 e. The first-order chi connectivity index (χ1) is 13.8. The van der Waals surface area contributed by atoms with Gasteiger partial charge in [-0.1, -0.05) is 12.1 Å². The number of non-ortho nitro benzene ring substituents is 1. The molecule has 3 aromatic rings. The Kier molecular flexibility index (Phi) is 5.44. The van der Waals surface area contributed by atoms with Crippen molar-refractivity contribution in [3.8, 4) is 11.3 Å². The molecule has 146 valence electrons. The number of amides is 1. The van der Waals surface area contributed by atoms with E-state index in [1.807, 2.05) is 0 Å². The molecule has 0 aliphatic heterocycles. The Morgan fingerprint density at radius 2 is 1.86 bits per heavy atom. The van der Waals surface area contributed by atoms with E-state index in [0.717, 1.165) is 11.6 Å². The minimum absolute atomic E-state index is 0.0757. The summed E-state index contributed by atoms with van der Waals surface area (Å²) in [6, 6.07) is 13.1. The zero-order valence-electron chi connectivity index (χ0n) is 15.1. The van der Waals surface area contributed by atoms with Crippen molar-refractivity contribution >= 4 is 23.5 Å². The lowest BCUT2D eigenvalue weighted by atomic mass is 10.1. The van der Waals surface area contributed by atoms with Crippen molar-refractivity contribution in [1.29, 1.82) is 0 Å². The van der Waals surface area contributed by atoms with Gasteiger partial charge in [-0.3, -0.25) is 25.0 Å². The molecule has 0 fully saturated rings. The molecule has 0 unspecified atom stereocenters. The topological polar surface area (TPSA) is 141 Å². The molecular weight excluding hydrogens is 380 g/mol. The monoisotopic (exact) mass is 394 g/mol. The van der Waals surface area contributed by atoms with Gasteiger partial charge in [0.05, 0.1) is 21.6 Å². The number of rotatable bonds is 6. The summed E-state index contributed by atoms with van der Waals surface area (Å²) in [5.41, 5.74) is 3.09. The number of nitrogens with one attached hydrogen (secondary N) is 1. The summed E-state index contributed by atoms with van der Waals surface area (Å²) >= 11 is 0. The summed E-state index contributed by atoms with van der Waals surface area (Å²) in [7, 11) is 0. The van der Waals surface area contributed by atoms with E-state index >= 15 is 0 Å². The van der Waals surface area contributed by atoms with Crippen LogP contribution in [0, 0.1) is 27.2 Å². The van der Waals surface area contributed by atoms with Crippen LogP contribution in [0.15, 0.2) is 64.1 Å². The minimum Gasteiger partial charge on any atom is -0.455 e. The van der Waals surface area contributed by atoms with Gasteiger partial charge in [0.1, 0.15) is 11.5 Å². The lowest BCUT2D eigenvalue weighted by molar-refractivity contribution is -0.384. The Labute approximate surface area is 163 Å². The van der Waals surface area contributed by atoms with Crippen molar-refractivity contribution in [2.24, 2.45) is 5.10 Å². The lowest BCUT2D eigenvalue weighted by Crippen LogP contribution is -2.17.